The number of hydrogen-bond acceptors (Lipinski definition) is 2. The topological polar surface area (TPSA) is 29.1 Å². The molecule has 94 valence electrons. The van der Waals surface area contributed by atoms with Crippen molar-refractivity contribution in [3.63, 3.8) is 0 Å². The van der Waals surface area contributed by atoms with E-state index in [1.54, 1.807) is 0 Å². The largest absolute Gasteiger partial charge is 0.347 e. The van der Waals surface area contributed by atoms with Gasteiger partial charge in [0, 0.05) is 17.3 Å². The van der Waals surface area contributed by atoms with E-state index in [1.807, 2.05) is 43.3 Å². The molecular formula is C14H14ClNOS. The van der Waals surface area contributed by atoms with Crippen LogP contribution in [0.4, 0.5) is 0 Å². The summed E-state index contributed by atoms with van der Waals surface area (Å²) >= 11 is 7.23. The van der Waals surface area contributed by atoms with E-state index < -0.39 is 0 Å². The second-order valence-corrected chi connectivity index (χ2v) is 5.60. The lowest BCUT2D eigenvalue weighted by Gasteiger charge is -2.04. The van der Waals surface area contributed by atoms with Gasteiger partial charge in [-0.3, -0.25) is 4.79 Å². The van der Waals surface area contributed by atoms with E-state index in [0.29, 0.717) is 12.4 Å². The van der Waals surface area contributed by atoms with E-state index in [0.717, 1.165) is 20.9 Å². The first kappa shape index (κ1) is 13.1. The van der Waals surface area contributed by atoms with E-state index in [1.165, 1.54) is 11.3 Å². The fraction of sp³-hybridized carbons (Fsp3) is 0.214. The first-order valence-corrected chi connectivity index (χ1v) is 7.02. The number of nitrogens with one attached hydrogen (secondary N) is 1. The molecule has 0 bridgehead atoms. The van der Waals surface area contributed by atoms with E-state index in [2.05, 4.69) is 5.32 Å². The maximum atomic E-state index is 11.8. The van der Waals surface area contributed by atoms with Gasteiger partial charge in [0.2, 0.25) is 0 Å². The van der Waals surface area contributed by atoms with Crippen LogP contribution in [-0.4, -0.2) is 5.91 Å². The molecule has 0 unspecified atom stereocenters. The second-order valence-electron chi connectivity index (χ2n) is 4.04. The number of aryl methyl sites for hydroxylation is 1. The van der Waals surface area contributed by atoms with Crippen LogP contribution in [0.1, 0.15) is 25.7 Å². The van der Waals surface area contributed by atoms with Gasteiger partial charge in [-0.1, -0.05) is 24.3 Å². The Hall–Kier alpha value is -1.32. The van der Waals surface area contributed by atoms with Gasteiger partial charge in [-0.05, 0) is 30.2 Å². The van der Waals surface area contributed by atoms with Crippen LogP contribution in [0.25, 0.3) is 0 Å². The third kappa shape index (κ3) is 3.34. The summed E-state index contributed by atoms with van der Waals surface area (Å²) in [6.07, 6.45) is 0. The van der Waals surface area contributed by atoms with Crippen LogP contribution in [0.5, 0.6) is 0 Å². The minimum absolute atomic E-state index is 0.0190. The summed E-state index contributed by atoms with van der Waals surface area (Å²) in [5, 5.41) is 2.90. The summed E-state index contributed by atoms with van der Waals surface area (Å²) in [6, 6.07) is 11.7. The van der Waals surface area contributed by atoms with Crippen molar-refractivity contribution >= 4 is 28.8 Å². The standard InChI is InChI=1S/C14H14ClNOS/c1-10-2-7-13(18-10)14(17)16-9-12-5-3-11(8-15)4-6-12/h2-7H,8-9H2,1H3,(H,16,17). The minimum atomic E-state index is -0.0190. The zero-order valence-electron chi connectivity index (χ0n) is 10.1. The summed E-state index contributed by atoms with van der Waals surface area (Å²) < 4.78 is 0. The molecule has 0 atom stereocenters. The number of hydrogen-bond donors (Lipinski definition) is 1. The van der Waals surface area contributed by atoms with Gasteiger partial charge < -0.3 is 5.32 Å². The Morgan fingerprint density at radius 2 is 1.83 bits per heavy atom. The molecule has 0 saturated heterocycles. The lowest BCUT2D eigenvalue weighted by atomic mass is 10.1. The molecule has 1 N–H and O–H groups in total. The van der Waals surface area contributed by atoms with Crippen LogP contribution in [0, 0.1) is 6.92 Å². The Morgan fingerprint density at radius 1 is 1.17 bits per heavy atom. The Labute approximate surface area is 116 Å². The zero-order valence-corrected chi connectivity index (χ0v) is 11.6. The van der Waals surface area contributed by atoms with Gasteiger partial charge in [-0.15, -0.1) is 22.9 Å². The number of rotatable bonds is 4. The predicted octanol–water partition coefficient (Wildman–Crippen LogP) is 3.73. The summed E-state index contributed by atoms with van der Waals surface area (Å²) in [5.74, 6) is 0.496. The Bertz CT molecular complexity index is 533. The lowest BCUT2D eigenvalue weighted by Crippen LogP contribution is -2.21. The van der Waals surface area contributed by atoms with Crippen molar-refractivity contribution < 1.29 is 4.79 Å². The highest BCUT2D eigenvalue weighted by Gasteiger charge is 2.07. The number of halogens is 1. The summed E-state index contributed by atoms with van der Waals surface area (Å²) in [5.41, 5.74) is 2.16. The summed E-state index contributed by atoms with van der Waals surface area (Å²) in [7, 11) is 0. The molecule has 1 amide bonds. The molecule has 0 spiro atoms. The van der Waals surface area contributed by atoms with Crippen molar-refractivity contribution in [2.75, 3.05) is 0 Å². The summed E-state index contributed by atoms with van der Waals surface area (Å²) in [4.78, 5) is 13.7. The van der Waals surface area contributed by atoms with E-state index in [9.17, 15) is 4.79 Å². The van der Waals surface area contributed by atoms with Crippen molar-refractivity contribution in [1.29, 1.82) is 0 Å². The molecule has 0 saturated carbocycles. The molecule has 0 fully saturated rings. The van der Waals surface area contributed by atoms with Crippen LogP contribution in [0.15, 0.2) is 36.4 Å². The number of amides is 1. The normalized spacial score (nSPS) is 10.3. The molecular weight excluding hydrogens is 266 g/mol. The molecule has 1 aromatic carbocycles. The fourth-order valence-corrected chi connectivity index (χ4v) is 2.53. The second kappa shape index (κ2) is 6.03. The number of alkyl halides is 1. The molecule has 2 rings (SSSR count). The third-order valence-corrected chi connectivity index (χ3v) is 3.90. The van der Waals surface area contributed by atoms with Crippen molar-refractivity contribution in [3.8, 4) is 0 Å². The first-order chi connectivity index (χ1) is 8.69. The molecule has 0 aliphatic heterocycles. The smallest absolute Gasteiger partial charge is 0.261 e. The number of carbonyl (C=O) groups is 1. The molecule has 0 radical (unpaired) electrons. The van der Waals surface area contributed by atoms with Crippen molar-refractivity contribution in [1.82, 2.24) is 5.32 Å². The summed E-state index contributed by atoms with van der Waals surface area (Å²) in [6.45, 7) is 2.53. The average Bonchev–Trinajstić information content (AvgIpc) is 2.83. The highest BCUT2D eigenvalue weighted by molar-refractivity contribution is 7.13. The molecule has 0 aliphatic rings. The van der Waals surface area contributed by atoms with E-state index >= 15 is 0 Å². The molecule has 0 aliphatic carbocycles. The van der Waals surface area contributed by atoms with E-state index in [-0.39, 0.29) is 5.91 Å². The lowest BCUT2D eigenvalue weighted by molar-refractivity contribution is 0.0955. The molecule has 18 heavy (non-hydrogen) atoms. The number of carbonyl (C=O) groups excluding carboxylic acids is 1. The monoisotopic (exact) mass is 279 g/mol. The van der Waals surface area contributed by atoms with Gasteiger partial charge in [-0.25, -0.2) is 0 Å². The number of thiophene rings is 1. The van der Waals surface area contributed by atoms with Gasteiger partial charge in [0.25, 0.3) is 5.91 Å². The van der Waals surface area contributed by atoms with Gasteiger partial charge in [-0.2, -0.15) is 0 Å². The molecule has 1 heterocycles. The Morgan fingerprint density at radius 3 is 2.39 bits per heavy atom. The van der Waals surface area contributed by atoms with Crippen LogP contribution in [-0.2, 0) is 12.4 Å². The predicted molar refractivity (Wildman–Crippen MR) is 76.2 cm³/mol. The van der Waals surface area contributed by atoms with Crippen molar-refractivity contribution in [2.45, 2.75) is 19.3 Å². The minimum Gasteiger partial charge on any atom is -0.347 e. The van der Waals surface area contributed by atoms with Crippen LogP contribution >= 0.6 is 22.9 Å². The Kier molecular flexibility index (Phi) is 4.39. The van der Waals surface area contributed by atoms with Crippen molar-refractivity contribution in [3.05, 3.63) is 57.3 Å². The molecule has 2 aromatic rings. The van der Waals surface area contributed by atoms with E-state index in [4.69, 9.17) is 11.6 Å². The highest BCUT2D eigenvalue weighted by Crippen LogP contribution is 2.15. The van der Waals surface area contributed by atoms with Gasteiger partial charge in [0.15, 0.2) is 0 Å². The van der Waals surface area contributed by atoms with Gasteiger partial charge in [0.05, 0.1) is 4.88 Å². The first-order valence-electron chi connectivity index (χ1n) is 5.67. The van der Waals surface area contributed by atoms with Gasteiger partial charge >= 0.3 is 0 Å². The molecule has 2 nitrogen and oxygen atoms in total. The van der Waals surface area contributed by atoms with Crippen LogP contribution in [0.3, 0.4) is 0 Å². The maximum absolute atomic E-state index is 11.8. The van der Waals surface area contributed by atoms with Gasteiger partial charge in [0.1, 0.15) is 0 Å². The quantitative estimate of drug-likeness (QED) is 0.849. The fourth-order valence-electron chi connectivity index (χ4n) is 1.57. The average molecular weight is 280 g/mol. The molecule has 1 aromatic heterocycles. The van der Waals surface area contributed by atoms with Crippen molar-refractivity contribution in [2.24, 2.45) is 0 Å². The highest BCUT2D eigenvalue weighted by atomic mass is 35.5. The maximum Gasteiger partial charge on any atom is 0.261 e. The van der Waals surface area contributed by atoms with Crippen LogP contribution in [0.2, 0.25) is 0 Å². The van der Waals surface area contributed by atoms with Crippen LogP contribution < -0.4 is 5.32 Å². The Balaban J connectivity index is 1.92. The molecule has 4 heteroatoms. The zero-order chi connectivity index (χ0) is 13.0. The SMILES string of the molecule is Cc1ccc(C(=O)NCc2ccc(CCl)cc2)s1. The number of benzene rings is 1. The third-order valence-electron chi connectivity index (χ3n) is 2.59.